The van der Waals surface area contributed by atoms with Crippen molar-refractivity contribution in [1.82, 2.24) is 20.2 Å². The lowest BCUT2D eigenvalue weighted by molar-refractivity contribution is 0.684. The van der Waals surface area contributed by atoms with E-state index in [1.165, 1.54) is 0 Å². The molecular weight excluding hydrogens is 190 g/mol. The van der Waals surface area contributed by atoms with E-state index in [4.69, 9.17) is 11.6 Å². The molecule has 0 amide bonds. The Morgan fingerprint density at radius 3 is 2.77 bits per heavy atom. The third-order valence-corrected chi connectivity index (χ3v) is 2.02. The van der Waals surface area contributed by atoms with Gasteiger partial charge >= 0.3 is 0 Å². The lowest BCUT2D eigenvalue weighted by Crippen LogP contribution is -2.23. The lowest BCUT2D eigenvalue weighted by Gasteiger charge is -2.16. The summed E-state index contributed by atoms with van der Waals surface area (Å²) in [7, 11) is 3.76. The van der Waals surface area contributed by atoms with Crippen LogP contribution < -0.4 is 4.90 Å². The van der Waals surface area contributed by atoms with E-state index in [1.807, 2.05) is 25.9 Å². The van der Waals surface area contributed by atoms with Crippen LogP contribution in [0.15, 0.2) is 0 Å². The number of tetrazole rings is 1. The molecule has 0 N–H and O–H groups in total. The molecule has 1 rings (SSSR count). The second-order valence-electron chi connectivity index (χ2n) is 3.09. The Balaban J connectivity index is 2.49. The van der Waals surface area contributed by atoms with Gasteiger partial charge < -0.3 is 4.90 Å². The van der Waals surface area contributed by atoms with Gasteiger partial charge in [-0.2, -0.15) is 0 Å². The van der Waals surface area contributed by atoms with E-state index < -0.39 is 0 Å². The molecule has 0 saturated carbocycles. The molecule has 0 aliphatic carbocycles. The predicted octanol–water partition coefficient (Wildman–Crippen LogP) is 0.664. The maximum Gasteiger partial charge on any atom is 0.244 e. The second-order valence-corrected chi connectivity index (χ2v) is 3.84. The summed E-state index contributed by atoms with van der Waals surface area (Å²) in [5.74, 6) is 0.761. The number of rotatable bonds is 4. The molecule has 5 nitrogen and oxygen atoms in total. The molecule has 13 heavy (non-hydrogen) atoms. The van der Waals surface area contributed by atoms with Crippen LogP contribution in [0.2, 0.25) is 0 Å². The number of aromatic nitrogens is 4. The van der Waals surface area contributed by atoms with E-state index in [9.17, 15) is 0 Å². The fraction of sp³-hybridized carbons (Fsp3) is 0.857. The zero-order valence-corrected chi connectivity index (χ0v) is 8.86. The van der Waals surface area contributed by atoms with Crippen LogP contribution in [0, 0.1) is 0 Å². The van der Waals surface area contributed by atoms with Crippen molar-refractivity contribution in [2.24, 2.45) is 7.05 Å². The third-order valence-electron chi connectivity index (χ3n) is 1.80. The van der Waals surface area contributed by atoms with Gasteiger partial charge in [-0.1, -0.05) is 5.10 Å². The molecule has 0 spiro atoms. The first-order valence-electron chi connectivity index (χ1n) is 4.19. The maximum atomic E-state index is 5.84. The van der Waals surface area contributed by atoms with Crippen LogP contribution in [0.4, 0.5) is 5.95 Å². The maximum absolute atomic E-state index is 5.84. The van der Waals surface area contributed by atoms with Crippen LogP contribution in [0.1, 0.15) is 13.3 Å². The molecule has 0 radical (unpaired) electrons. The Labute approximate surface area is 82.7 Å². The van der Waals surface area contributed by atoms with Gasteiger partial charge in [0.15, 0.2) is 0 Å². The first kappa shape index (κ1) is 10.2. The van der Waals surface area contributed by atoms with Crippen molar-refractivity contribution in [1.29, 1.82) is 0 Å². The van der Waals surface area contributed by atoms with Crippen molar-refractivity contribution in [2.45, 2.75) is 18.7 Å². The molecule has 1 heterocycles. The van der Waals surface area contributed by atoms with Gasteiger partial charge in [-0.25, -0.2) is 4.68 Å². The first-order valence-corrected chi connectivity index (χ1v) is 4.62. The number of anilines is 1. The summed E-state index contributed by atoms with van der Waals surface area (Å²) in [6, 6.07) is 0. The molecule has 1 atom stereocenters. The van der Waals surface area contributed by atoms with Crippen LogP contribution in [-0.2, 0) is 7.05 Å². The number of halogens is 1. The zero-order valence-electron chi connectivity index (χ0n) is 8.11. The molecule has 0 aromatic carbocycles. The highest BCUT2D eigenvalue weighted by Gasteiger charge is 2.08. The van der Waals surface area contributed by atoms with Crippen molar-refractivity contribution < 1.29 is 0 Å². The number of hydrogen-bond donors (Lipinski definition) is 0. The molecule has 0 bridgehead atoms. The van der Waals surface area contributed by atoms with Crippen LogP contribution in [-0.4, -0.2) is 39.2 Å². The molecule has 1 aromatic rings. The number of aryl methyl sites for hydroxylation is 1. The molecular formula is C7H14ClN5. The number of hydrogen-bond acceptors (Lipinski definition) is 4. The molecule has 0 fully saturated rings. The fourth-order valence-corrected chi connectivity index (χ4v) is 1.12. The van der Waals surface area contributed by atoms with Gasteiger partial charge in [0, 0.05) is 26.0 Å². The fourth-order valence-electron chi connectivity index (χ4n) is 1.02. The zero-order chi connectivity index (χ0) is 9.84. The Kier molecular flexibility index (Phi) is 3.48. The quantitative estimate of drug-likeness (QED) is 0.675. The number of nitrogens with zero attached hydrogens (tertiary/aromatic N) is 5. The van der Waals surface area contributed by atoms with E-state index in [2.05, 4.69) is 15.5 Å². The summed E-state index contributed by atoms with van der Waals surface area (Å²) in [5, 5.41) is 11.4. The number of alkyl halides is 1. The molecule has 1 unspecified atom stereocenters. The standard InChI is InChI=1S/C7H14ClN5/c1-6(8)4-5-12(2)7-9-10-11-13(7)3/h6H,4-5H2,1-3H3. The van der Waals surface area contributed by atoms with E-state index in [1.54, 1.807) is 4.68 Å². The summed E-state index contributed by atoms with van der Waals surface area (Å²) in [5.41, 5.74) is 0. The summed E-state index contributed by atoms with van der Waals surface area (Å²) in [4.78, 5) is 1.98. The van der Waals surface area contributed by atoms with Gasteiger partial charge in [0.1, 0.15) is 0 Å². The Bertz CT molecular complexity index is 259. The minimum absolute atomic E-state index is 0.184. The molecule has 0 aliphatic heterocycles. The van der Waals surface area contributed by atoms with Gasteiger partial charge in [-0.15, -0.1) is 11.6 Å². The van der Waals surface area contributed by atoms with E-state index in [-0.39, 0.29) is 5.38 Å². The molecule has 6 heteroatoms. The average Bonchev–Trinajstić information content (AvgIpc) is 2.47. The molecule has 74 valence electrons. The second kappa shape index (κ2) is 4.41. The largest absolute Gasteiger partial charge is 0.343 e. The monoisotopic (exact) mass is 203 g/mol. The van der Waals surface area contributed by atoms with Crippen LogP contribution in [0.3, 0.4) is 0 Å². The summed E-state index contributed by atoms with van der Waals surface area (Å²) in [6.07, 6.45) is 0.922. The average molecular weight is 204 g/mol. The topological polar surface area (TPSA) is 46.8 Å². The van der Waals surface area contributed by atoms with Crippen molar-refractivity contribution in [3.63, 3.8) is 0 Å². The third kappa shape index (κ3) is 2.84. The summed E-state index contributed by atoms with van der Waals surface area (Å²) in [6.45, 7) is 2.84. The van der Waals surface area contributed by atoms with Gasteiger partial charge in [0.25, 0.3) is 0 Å². The normalized spacial score (nSPS) is 12.9. The Morgan fingerprint density at radius 1 is 1.62 bits per heavy atom. The van der Waals surface area contributed by atoms with Gasteiger partial charge in [0.2, 0.25) is 5.95 Å². The van der Waals surface area contributed by atoms with Crippen LogP contribution in [0.25, 0.3) is 0 Å². The van der Waals surface area contributed by atoms with Crippen molar-refractivity contribution in [3.05, 3.63) is 0 Å². The predicted molar refractivity (Wildman–Crippen MR) is 52.0 cm³/mol. The highest BCUT2D eigenvalue weighted by Crippen LogP contribution is 2.07. The smallest absolute Gasteiger partial charge is 0.244 e. The van der Waals surface area contributed by atoms with E-state index in [0.29, 0.717) is 0 Å². The SMILES string of the molecule is CC(Cl)CCN(C)c1nnnn1C. The Morgan fingerprint density at radius 2 is 2.31 bits per heavy atom. The minimum atomic E-state index is 0.184. The van der Waals surface area contributed by atoms with Crippen LogP contribution >= 0.6 is 11.6 Å². The summed E-state index contributed by atoms with van der Waals surface area (Å²) < 4.78 is 1.64. The van der Waals surface area contributed by atoms with Crippen LogP contribution in [0.5, 0.6) is 0 Å². The van der Waals surface area contributed by atoms with Gasteiger partial charge in [0.05, 0.1) is 0 Å². The van der Waals surface area contributed by atoms with E-state index in [0.717, 1.165) is 18.9 Å². The van der Waals surface area contributed by atoms with Crippen molar-refractivity contribution >= 4 is 17.5 Å². The van der Waals surface area contributed by atoms with Gasteiger partial charge in [-0.3, -0.25) is 0 Å². The first-order chi connectivity index (χ1) is 6.11. The Hall–Kier alpha value is -0.840. The lowest BCUT2D eigenvalue weighted by atomic mass is 10.3. The van der Waals surface area contributed by atoms with Crippen molar-refractivity contribution in [3.8, 4) is 0 Å². The summed E-state index contributed by atoms with van der Waals surface area (Å²) >= 11 is 5.84. The van der Waals surface area contributed by atoms with Crippen molar-refractivity contribution in [2.75, 3.05) is 18.5 Å². The van der Waals surface area contributed by atoms with Gasteiger partial charge in [-0.05, 0) is 23.8 Å². The molecule has 0 saturated heterocycles. The molecule has 1 aromatic heterocycles. The highest BCUT2D eigenvalue weighted by molar-refractivity contribution is 6.20. The minimum Gasteiger partial charge on any atom is -0.343 e. The molecule has 0 aliphatic rings. The van der Waals surface area contributed by atoms with E-state index >= 15 is 0 Å². The highest BCUT2D eigenvalue weighted by atomic mass is 35.5.